The van der Waals surface area contributed by atoms with Crippen LogP contribution in [-0.4, -0.2) is 35.3 Å². The molecule has 0 N–H and O–H groups in total. The summed E-state index contributed by atoms with van der Waals surface area (Å²) in [4.78, 5) is 4.23. The third kappa shape index (κ3) is 5.48. The van der Waals surface area contributed by atoms with Gasteiger partial charge in [0.2, 0.25) is 0 Å². The molecule has 144 valence electrons. The molecule has 0 amide bonds. The zero-order valence-electron chi connectivity index (χ0n) is 17.7. The monoisotopic (exact) mass is 364 g/mol. The molecule has 1 atom stereocenters. The molecular formula is C24H32N2O. The first-order valence-electron chi connectivity index (χ1n) is 9.27. The maximum Gasteiger partial charge on any atom is 0.101 e. The molecule has 27 heavy (non-hydrogen) atoms. The van der Waals surface area contributed by atoms with Gasteiger partial charge in [0.05, 0.1) is 0 Å². The summed E-state index contributed by atoms with van der Waals surface area (Å²) in [5, 5.41) is 0. The number of methoxy groups -OCH3 is 1. The smallest absolute Gasteiger partial charge is 0.101 e. The highest BCUT2D eigenvalue weighted by Gasteiger charge is 2.10. The Morgan fingerprint density at radius 3 is 1.93 bits per heavy atom. The van der Waals surface area contributed by atoms with Gasteiger partial charge in [0.25, 0.3) is 0 Å². The van der Waals surface area contributed by atoms with Gasteiger partial charge in [-0.2, -0.15) is 0 Å². The molecule has 0 heterocycles. The van der Waals surface area contributed by atoms with Crippen molar-refractivity contribution in [2.75, 3.05) is 45.1 Å². The fourth-order valence-electron chi connectivity index (χ4n) is 3.02. The minimum absolute atomic E-state index is 0.0527. The first-order valence-corrected chi connectivity index (χ1v) is 9.27. The lowest BCUT2D eigenvalue weighted by Gasteiger charge is -2.18. The zero-order valence-corrected chi connectivity index (χ0v) is 17.7. The van der Waals surface area contributed by atoms with Gasteiger partial charge >= 0.3 is 0 Å². The normalized spacial score (nSPS) is 12.7. The molecule has 0 bridgehead atoms. The minimum atomic E-state index is -0.0527. The molecule has 0 saturated heterocycles. The number of rotatable bonds is 7. The predicted octanol–water partition coefficient (Wildman–Crippen LogP) is 5.39. The lowest BCUT2D eigenvalue weighted by atomic mass is 10.0. The Labute approximate surface area is 164 Å². The quantitative estimate of drug-likeness (QED) is 0.612. The highest BCUT2D eigenvalue weighted by molar-refractivity contribution is 5.60. The number of hydrogen-bond acceptors (Lipinski definition) is 3. The van der Waals surface area contributed by atoms with Crippen LogP contribution in [-0.2, 0) is 4.74 Å². The van der Waals surface area contributed by atoms with E-state index in [0.717, 1.165) is 0 Å². The van der Waals surface area contributed by atoms with Gasteiger partial charge in [0.15, 0.2) is 0 Å². The molecule has 1 unspecified atom stereocenters. The molecule has 0 aliphatic heterocycles. The van der Waals surface area contributed by atoms with Crippen LogP contribution in [0.15, 0.2) is 54.6 Å². The van der Waals surface area contributed by atoms with Crippen molar-refractivity contribution in [2.45, 2.75) is 20.0 Å². The summed E-state index contributed by atoms with van der Waals surface area (Å²) < 4.78 is 5.70. The van der Waals surface area contributed by atoms with Gasteiger partial charge in [0, 0.05) is 46.7 Å². The van der Waals surface area contributed by atoms with E-state index in [1.807, 2.05) is 0 Å². The SMILES string of the molecule is COC(/C=C/C=C/c1ccc(N(C)C)cc1C)c1ccc(N(C)C)cc1C. The molecule has 0 radical (unpaired) electrons. The van der Waals surface area contributed by atoms with Crippen LogP contribution in [0.3, 0.4) is 0 Å². The van der Waals surface area contributed by atoms with Crippen molar-refractivity contribution >= 4 is 17.5 Å². The minimum Gasteiger partial charge on any atom is -0.378 e. The van der Waals surface area contributed by atoms with Gasteiger partial charge in [-0.15, -0.1) is 0 Å². The molecule has 2 aromatic rings. The van der Waals surface area contributed by atoms with Gasteiger partial charge < -0.3 is 14.5 Å². The second kappa shape index (κ2) is 9.43. The summed E-state index contributed by atoms with van der Waals surface area (Å²) >= 11 is 0. The number of benzene rings is 2. The van der Waals surface area contributed by atoms with E-state index >= 15 is 0 Å². The third-order valence-corrected chi connectivity index (χ3v) is 4.77. The van der Waals surface area contributed by atoms with E-state index in [4.69, 9.17) is 4.74 Å². The summed E-state index contributed by atoms with van der Waals surface area (Å²) in [6.07, 6.45) is 8.32. The van der Waals surface area contributed by atoms with E-state index in [-0.39, 0.29) is 6.10 Å². The van der Waals surface area contributed by atoms with Crippen molar-refractivity contribution in [3.63, 3.8) is 0 Å². The number of ether oxygens (including phenoxy) is 1. The lowest BCUT2D eigenvalue weighted by molar-refractivity contribution is 0.142. The Kier molecular flexibility index (Phi) is 7.26. The molecular weight excluding hydrogens is 332 g/mol. The topological polar surface area (TPSA) is 15.7 Å². The summed E-state index contributed by atoms with van der Waals surface area (Å²) in [5.74, 6) is 0. The fourth-order valence-corrected chi connectivity index (χ4v) is 3.02. The maximum atomic E-state index is 5.70. The molecule has 2 aromatic carbocycles. The molecule has 3 nitrogen and oxygen atoms in total. The van der Waals surface area contributed by atoms with Crippen LogP contribution in [0.4, 0.5) is 11.4 Å². The summed E-state index contributed by atoms with van der Waals surface area (Å²) in [6, 6.07) is 13.0. The highest BCUT2D eigenvalue weighted by Crippen LogP contribution is 2.26. The van der Waals surface area contributed by atoms with Gasteiger partial charge in [-0.05, 0) is 60.4 Å². The Morgan fingerprint density at radius 2 is 1.41 bits per heavy atom. The van der Waals surface area contributed by atoms with Crippen LogP contribution in [0, 0.1) is 13.8 Å². The van der Waals surface area contributed by atoms with Gasteiger partial charge in [-0.1, -0.05) is 36.4 Å². The number of hydrogen-bond donors (Lipinski definition) is 0. The number of anilines is 2. The zero-order chi connectivity index (χ0) is 20.0. The molecule has 0 aliphatic rings. The Morgan fingerprint density at radius 1 is 0.815 bits per heavy atom. The molecule has 2 rings (SSSR count). The van der Waals surface area contributed by atoms with Crippen molar-refractivity contribution in [3.05, 3.63) is 76.9 Å². The van der Waals surface area contributed by atoms with Crippen molar-refractivity contribution in [1.29, 1.82) is 0 Å². The Hall–Kier alpha value is -2.52. The van der Waals surface area contributed by atoms with Crippen molar-refractivity contribution < 1.29 is 4.74 Å². The summed E-state index contributed by atoms with van der Waals surface area (Å²) in [6.45, 7) is 4.28. The van der Waals surface area contributed by atoms with E-state index in [1.165, 1.54) is 33.6 Å². The van der Waals surface area contributed by atoms with Crippen molar-refractivity contribution in [1.82, 2.24) is 0 Å². The maximum absolute atomic E-state index is 5.70. The Balaban J connectivity index is 2.13. The van der Waals surface area contributed by atoms with E-state index in [2.05, 4.69) is 113 Å². The molecule has 3 heteroatoms. The van der Waals surface area contributed by atoms with Crippen molar-refractivity contribution in [2.24, 2.45) is 0 Å². The van der Waals surface area contributed by atoms with Gasteiger partial charge in [-0.3, -0.25) is 0 Å². The van der Waals surface area contributed by atoms with E-state index in [0.29, 0.717) is 0 Å². The van der Waals surface area contributed by atoms with Crippen LogP contribution in [0.5, 0.6) is 0 Å². The average Bonchev–Trinajstić information content (AvgIpc) is 2.63. The molecule has 0 aromatic heterocycles. The second-order valence-electron chi connectivity index (χ2n) is 7.27. The standard InChI is InChI=1S/C24H32N2O/c1-18-16-21(25(3)4)13-12-20(18)10-8-9-11-24(27-7)23-15-14-22(26(5)6)17-19(23)2/h8-17,24H,1-7H3/b10-8+,11-9+. The van der Waals surface area contributed by atoms with E-state index in [9.17, 15) is 0 Å². The first kappa shape index (κ1) is 20.8. The van der Waals surface area contributed by atoms with Crippen LogP contribution in [0.1, 0.15) is 28.4 Å². The summed E-state index contributed by atoms with van der Waals surface area (Å²) in [7, 11) is 9.98. The largest absolute Gasteiger partial charge is 0.378 e. The molecule has 0 saturated carbocycles. The number of allylic oxidation sites excluding steroid dienone is 2. The van der Waals surface area contributed by atoms with Crippen LogP contribution < -0.4 is 9.80 Å². The van der Waals surface area contributed by atoms with E-state index in [1.54, 1.807) is 7.11 Å². The number of nitrogens with zero attached hydrogens (tertiary/aromatic N) is 2. The molecule has 0 fully saturated rings. The van der Waals surface area contributed by atoms with Crippen molar-refractivity contribution in [3.8, 4) is 0 Å². The average molecular weight is 365 g/mol. The second-order valence-corrected chi connectivity index (χ2v) is 7.27. The lowest BCUT2D eigenvalue weighted by Crippen LogP contribution is -2.09. The Bertz CT molecular complexity index is 819. The number of aryl methyl sites for hydroxylation is 2. The predicted molar refractivity (Wildman–Crippen MR) is 119 cm³/mol. The van der Waals surface area contributed by atoms with Crippen LogP contribution >= 0.6 is 0 Å². The molecule has 0 aliphatic carbocycles. The van der Waals surface area contributed by atoms with Crippen LogP contribution in [0.2, 0.25) is 0 Å². The van der Waals surface area contributed by atoms with Crippen LogP contribution in [0.25, 0.3) is 6.08 Å². The fraction of sp³-hybridized carbons (Fsp3) is 0.333. The summed E-state index contributed by atoms with van der Waals surface area (Å²) in [5.41, 5.74) is 7.34. The van der Waals surface area contributed by atoms with Gasteiger partial charge in [0.1, 0.15) is 6.10 Å². The first-order chi connectivity index (χ1) is 12.8. The third-order valence-electron chi connectivity index (χ3n) is 4.77. The van der Waals surface area contributed by atoms with Gasteiger partial charge in [-0.25, -0.2) is 0 Å². The molecule has 0 spiro atoms. The van der Waals surface area contributed by atoms with E-state index < -0.39 is 0 Å². The highest BCUT2D eigenvalue weighted by atomic mass is 16.5.